The van der Waals surface area contributed by atoms with Crippen molar-refractivity contribution >= 4 is 16.9 Å². The smallest absolute Gasteiger partial charge is 0.198 e. The fraction of sp³-hybridized carbons (Fsp3) is 0.348. The number of aromatic amines is 1. The molecule has 0 saturated carbocycles. The molecule has 1 atom stereocenters. The van der Waals surface area contributed by atoms with Crippen LogP contribution in [0.2, 0.25) is 0 Å². The number of aromatic nitrogens is 4. The molecule has 158 valence electrons. The van der Waals surface area contributed by atoms with E-state index in [-0.39, 0.29) is 6.10 Å². The van der Waals surface area contributed by atoms with Crippen LogP contribution in [-0.4, -0.2) is 52.8 Å². The number of nitrogens with one attached hydrogen (secondary N) is 1. The second-order valence-electron chi connectivity index (χ2n) is 8.08. The molecule has 6 rings (SSSR count). The lowest BCUT2D eigenvalue weighted by atomic mass is 10.0. The molecule has 4 aromatic rings. The highest BCUT2D eigenvalue weighted by molar-refractivity contribution is 5.90. The van der Waals surface area contributed by atoms with Crippen molar-refractivity contribution in [2.24, 2.45) is 0 Å². The number of rotatable bonds is 4. The van der Waals surface area contributed by atoms with Crippen LogP contribution in [0.4, 0.5) is 5.69 Å². The van der Waals surface area contributed by atoms with Gasteiger partial charge in [-0.25, -0.2) is 15.0 Å². The summed E-state index contributed by atoms with van der Waals surface area (Å²) in [5, 5.41) is 0. The predicted octanol–water partition coefficient (Wildman–Crippen LogP) is 3.75. The number of H-pyrrole nitrogens is 1. The van der Waals surface area contributed by atoms with Gasteiger partial charge in [0.05, 0.1) is 24.7 Å². The highest BCUT2D eigenvalue weighted by Gasteiger charge is 2.29. The Morgan fingerprint density at radius 3 is 2.97 bits per heavy atom. The van der Waals surface area contributed by atoms with Gasteiger partial charge in [0.2, 0.25) is 0 Å². The van der Waals surface area contributed by atoms with E-state index in [0.29, 0.717) is 23.8 Å². The topological polar surface area (TPSA) is 89.3 Å². The minimum absolute atomic E-state index is 0.243. The van der Waals surface area contributed by atoms with Crippen molar-refractivity contribution in [1.29, 1.82) is 0 Å². The third-order valence-corrected chi connectivity index (χ3v) is 6.10. The van der Waals surface area contributed by atoms with Gasteiger partial charge in [-0.1, -0.05) is 0 Å². The minimum Gasteiger partial charge on any atom is -0.491 e. The summed E-state index contributed by atoms with van der Waals surface area (Å²) in [6.45, 7) is 4.41. The Hall–Kier alpha value is -3.39. The number of imidazole rings is 1. The van der Waals surface area contributed by atoms with E-state index in [2.05, 4.69) is 32.0 Å². The summed E-state index contributed by atoms with van der Waals surface area (Å²) in [5.74, 6) is 2.97. The van der Waals surface area contributed by atoms with Crippen molar-refractivity contribution in [2.45, 2.75) is 25.9 Å². The predicted molar refractivity (Wildman–Crippen MR) is 116 cm³/mol. The maximum Gasteiger partial charge on any atom is 0.198 e. The fourth-order valence-corrected chi connectivity index (χ4v) is 4.51. The number of ether oxygens (including phenoxy) is 2. The molecule has 2 aliphatic heterocycles. The van der Waals surface area contributed by atoms with E-state index >= 15 is 0 Å². The largest absolute Gasteiger partial charge is 0.491 e. The van der Waals surface area contributed by atoms with Crippen molar-refractivity contribution < 1.29 is 13.9 Å². The fourth-order valence-electron chi connectivity index (χ4n) is 4.51. The van der Waals surface area contributed by atoms with Crippen LogP contribution in [0.5, 0.6) is 5.75 Å². The molecule has 2 aliphatic rings. The van der Waals surface area contributed by atoms with Gasteiger partial charge in [0.25, 0.3) is 0 Å². The molecule has 1 N–H and O–H groups in total. The Morgan fingerprint density at radius 1 is 1.23 bits per heavy atom. The van der Waals surface area contributed by atoms with E-state index < -0.39 is 0 Å². The molecule has 0 spiro atoms. The zero-order valence-electron chi connectivity index (χ0n) is 17.5. The minimum atomic E-state index is 0.243. The summed E-state index contributed by atoms with van der Waals surface area (Å²) in [6, 6.07) is 8.15. The van der Waals surface area contributed by atoms with Crippen LogP contribution < -0.4 is 9.64 Å². The first-order chi connectivity index (χ1) is 15.2. The van der Waals surface area contributed by atoms with E-state index in [0.717, 1.165) is 59.9 Å². The van der Waals surface area contributed by atoms with E-state index in [1.54, 1.807) is 13.4 Å². The summed E-state index contributed by atoms with van der Waals surface area (Å²) >= 11 is 0. The Labute approximate surface area is 179 Å². The Morgan fingerprint density at radius 2 is 2.16 bits per heavy atom. The van der Waals surface area contributed by atoms with Gasteiger partial charge in [-0.05, 0) is 37.6 Å². The molecule has 0 aliphatic carbocycles. The third-order valence-electron chi connectivity index (χ3n) is 6.10. The molecule has 31 heavy (non-hydrogen) atoms. The van der Waals surface area contributed by atoms with Crippen LogP contribution in [0.1, 0.15) is 17.7 Å². The first-order valence-electron chi connectivity index (χ1n) is 10.6. The van der Waals surface area contributed by atoms with Crippen LogP contribution >= 0.6 is 0 Å². The molecule has 8 heteroatoms. The maximum absolute atomic E-state index is 6.02. The van der Waals surface area contributed by atoms with Gasteiger partial charge in [-0.15, -0.1) is 0 Å². The van der Waals surface area contributed by atoms with Gasteiger partial charge in [0, 0.05) is 37.7 Å². The summed E-state index contributed by atoms with van der Waals surface area (Å²) in [6.07, 6.45) is 3.79. The maximum atomic E-state index is 6.02. The van der Waals surface area contributed by atoms with Crippen molar-refractivity contribution in [3.63, 3.8) is 0 Å². The number of nitrogens with zero attached hydrogens (tertiary/aromatic N) is 4. The second kappa shape index (κ2) is 7.09. The van der Waals surface area contributed by atoms with Crippen molar-refractivity contribution in [1.82, 2.24) is 19.9 Å². The number of benzene rings is 1. The van der Waals surface area contributed by atoms with Gasteiger partial charge in [0.1, 0.15) is 22.7 Å². The Balaban J connectivity index is 1.52. The molecule has 1 unspecified atom stereocenters. The number of hydrogen-bond acceptors (Lipinski definition) is 7. The summed E-state index contributed by atoms with van der Waals surface area (Å²) in [4.78, 5) is 19.4. The van der Waals surface area contributed by atoms with E-state index in [1.165, 1.54) is 5.56 Å². The quantitative estimate of drug-likeness (QED) is 0.541. The van der Waals surface area contributed by atoms with E-state index in [4.69, 9.17) is 18.9 Å². The second-order valence-corrected chi connectivity index (χ2v) is 8.08. The number of hydrogen-bond donors (Lipinski definition) is 1. The van der Waals surface area contributed by atoms with Gasteiger partial charge in [-0.2, -0.15) is 0 Å². The molecule has 8 nitrogen and oxygen atoms in total. The van der Waals surface area contributed by atoms with Crippen LogP contribution in [-0.2, 0) is 11.2 Å². The SMILES string of the molecule is COC1CCN(c2cc(-c3nc(-c4ccc(C)o4)nc4nc[nH]c34)cc3c2OCC3)C1. The number of fused-ring (bicyclic) bond motifs is 2. The van der Waals surface area contributed by atoms with E-state index in [9.17, 15) is 0 Å². The van der Waals surface area contributed by atoms with Crippen LogP contribution in [0.3, 0.4) is 0 Å². The molecule has 0 radical (unpaired) electrons. The van der Waals surface area contributed by atoms with Crippen molar-refractivity contribution in [2.75, 3.05) is 31.7 Å². The zero-order chi connectivity index (χ0) is 20.9. The summed E-state index contributed by atoms with van der Waals surface area (Å²) in [7, 11) is 1.78. The Kier molecular flexibility index (Phi) is 4.21. The van der Waals surface area contributed by atoms with Crippen LogP contribution in [0.15, 0.2) is 35.0 Å². The van der Waals surface area contributed by atoms with Gasteiger partial charge < -0.3 is 23.8 Å². The molecule has 1 saturated heterocycles. The first kappa shape index (κ1) is 18.4. The van der Waals surface area contributed by atoms with Crippen molar-refractivity contribution in [3.05, 3.63) is 41.9 Å². The molecule has 0 amide bonds. The highest BCUT2D eigenvalue weighted by atomic mass is 16.5. The monoisotopic (exact) mass is 417 g/mol. The molecule has 5 heterocycles. The van der Waals surface area contributed by atoms with Gasteiger partial charge in [-0.3, -0.25) is 0 Å². The lowest BCUT2D eigenvalue weighted by molar-refractivity contribution is 0.121. The normalized spacial score (nSPS) is 18.0. The van der Waals surface area contributed by atoms with Crippen LogP contribution in [0, 0.1) is 6.92 Å². The molecule has 3 aromatic heterocycles. The summed E-state index contributed by atoms with van der Waals surface area (Å²) in [5.41, 5.74) is 5.56. The molecular formula is C23H23N5O3. The third kappa shape index (κ3) is 3.06. The lowest BCUT2D eigenvalue weighted by Crippen LogP contribution is -2.22. The molecular weight excluding hydrogens is 394 g/mol. The number of methoxy groups -OCH3 is 1. The highest BCUT2D eigenvalue weighted by Crippen LogP contribution is 2.42. The van der Waals surface area contributed by atoms with Crippen LogP contribution in [0.25, 0.3) is 34.0 Å². The molecule has 1 fully saturated rings. The average molecular weight is 417 g/mol. The Bertz CT molecular complexity index is 1280. The summed E-state index contributed by atoms with van der Waals surface area (Å²) < 4.78 is 17.4. The number of furan rings is 1. The first-order valence-corrected chi connectivity index (χ1v) is 10.6. The molecule has 1 aromatic carbocycles. The zero-order valence-corrected chi connectivity index (χ0v) is 17.5. The van der Waals surface area contributed by atoms with Gasteiger partial charge >= 0.3 is 0 Å². The van der Waals surface area contributed by atoms with Crippen molar-refractivity contribution in [3.8, 4) is 28.6 Å². The molecule has 0 bridgehead atoms. The average Bonchev–Trinajstić information content (AvgIpc) is 3.58. The number of aryl methyl sites for hydroxylation is 1. The van der Waals surface area contributed by atoms with E-state index in [1.807, 2.05) is 19.1 Å². The standard InChI is InChI=1S/C23H23N5O3/c1-13-3-4-18(31-13)22-26-19(20-23(27-22)25-12-24-20)15-9-14-6-8-30-21(14)17(10-15)28-7-5-16(11-28)29-2/h3-4,9-10,12,16H,5-8,11H2,1-2H3,(H,24,25,26,27). The number of anilines is 1. The lowest BCUT2D eigenvalue weighted by Gasteiger charge is -2.22. The van der Waals surface area contributed by atoms with Gasteiger partial charge in [0.15, 0.2) is 17.2 Å².